The van der Waals surface area contributed by atoms with E-state index in [-0.39, 0.29) is 11.3 Å². The number of anilines is 1. The van der Waals surface area contributed by atoms with Crippen LogP contribution in [0.2, 0.25) is 0 Å². The molecule has 168 valence electrons. The third-order valence-corrected chi connectivity index (χ3v) is 7.41. The van der Waals surface area contributed by atoms with Crippen molar-refractivity contribution in [2.45, 2.75) is 11.5 Å². The predicted molar refractivity (Wildman–Crippen MR) is 120 cm³/mol. The Morgan fingerprint density at radius 3 is 2.06 bits per heavy atom. The van der Waals surface area contributed by atoms with Gasteiger partial charge >= 0.3 is 5.97 Å². The van der Waals surface area contributed by atoms with Crippen LogP contribution in [-0.2, 0) is 19.9 Å². The summed E-state index contributed by atoms with van der Waals surface area (Å²) in [4.78, 5) is 53.8. The Bertz CT molecular complexity index is 1380. The van der Waals surface area contributed by atoms with Crippen LogP contribution in [0.25, 0.3) is 0 Å². The molecule has 1 fully saturated rings. The Labute approximate surface area is 193 Å². The van der Waals surface area contributed by atoms with E-state index in [0.29, 0.717) is 22.3 Å². The maximum absolute atomic E-state index is 14.0. The number of hydrogen-bond donors (Lipinski definition) is 0. The number of carbonyl (C=O) groups excluding carboxylic acids is 3. The maximum Gasteiger partial charge on any atom is 0.339 e. The van der Waals surface area contributed by atoms with Crippen molar-refractivity contribution in [3.05, 3.63) is 111 Å². The summed E-state index contributed by atoms with van der Waals surface area (Å²) in [7, 11) is 1.21. The third-order valence-electron chi connectivity index (χ3n) is 7.41. The molecule has 8 heteroatoms. The molecule has 3 aromatic carbocycles. The number of methoxy groups -OCH3 is 1. The van der Waals surface area contributed by atoms with Crippen molar-refractivity contribution in [3.8, 4) is 0 Å². The highest BCUT2D eigenvalue weighted by atomic mass is 16.6. The average Bonchev–Trinajstić information content (AvgIpc) is 3.13. The van der Waals surface area contributed by atoms with Gasteiger partial charge in [-0.05, 0) is 23.3 Å². The highest BCUT2D eigenvalue weighted by molar-refractivity contribution is 6.25. The molecule has 34 heavy (non-hydrogen) atoms. The van der Waals surface area contributed by atoms with Gasteiger partial charge in [0.05, 0.1) is 24.3 Å². The normalized spacial score (nSPS) is 26.0. The Morgan fingerprint density at radius 2 is 1.47 bits per heavy atom. The average molecular weight is 454 g/mol. The van der Waals surface area contributed by atoms with Crippen LogP contribution >= 0.6 is 0 Å². The number of ether oxygens (including phenoxy) is 1. The molecule has 0 spiro atoms. The fraction of sp³-hybridized carbons (Fsp3) is 0.192. The van der Waals surface area contributed by atoms with Crippen LogP contribution in [0.1, 0.15) is 38.5 Å². The van der Waals surface area contributed by atoms with E-state index in [9.17, 15) is 24.5 Å². The molecule has 3 aliphatic carbocycles. The van der Waals surface area contributed by atoms with Gasteiger partial charge in [-0.15, -0.1) is 0 Å². The van der Waals surface area contributed by atoms with Crippen LogP contribution in [0.4, 0.5) is 5.69 Å². The van der Waals surface area contributed by atoms with E-state index in [0.717, 1.165) is 4.90 Å². The summed E-state index contributed by atoms with van der Waals surface area (Å²) < 4.78 is 4.84. The summed E-state index contributed by atoms with van der Waals surface area (Å²) in [6.07, 6.45) is 0. The minimum absolute atomic E-state index is 0.0443. The van der Waals surface area contributed by atoms with Crippen LogP contribution in [-0.4, -0.2) is 29.8 Å². The molecule has 2 amide bonds. The van der Waals surface area contributed by atoms with Crippen molar-refractivity contribution in [1.29, 1.82) is 0 Å². The molecular formula is C26H18N2O6. The first-order chi connectivity index (χ1) is 16.4. The Balaban J connectivity index is 1.65. The first-order valence-electron chi connectivity index (χ1n) is 10.8. The number of amides is 2. The molecular weight excluding hydrogens is 436 g/mol. The lowest BCUT2D eigenvalue weighted by molar-refractivity contribution is -0.578. The van der Waals surface area contributed by atoms with Gasteiger partial charge in [-0.3, -0.25) is 19.7 Å². The predicted octanol–water partition coefficient (Wildman–Crippen LogP) is 3.26. The van der Waals surface area contributed by atoms with Gasteiger partial charge in [0.2, 0.25) is 11.8 Å². The highest BCUT2D eigenvalue weighted by Crippen LogP contribution is 2.64. The Kier molecular flexibility index (Phi) is 4.08. The monoisotopic (exact) mass is 454 g/mol. The zero-order valence-electron chi connectivity index (χ0n) is 18.0. The number of para-hydroxylation sites is 1. The second kappa shape index (κ2) is 6.84. The summed E-state index contributed by atoms with van der Waals surface area (Å²) in [5, 5.41) is 13.0. The van der Waals surface area contributed by atoms with Crippen LogP contribution < -0.4 is 4.90 Å². The number of benzene rings is 3. The minimum Gasteiger partial charge on any atom is -0.465 e. The molecule has 1 aliphatic heterocycles. The molecule has 3 aromatic rings. The Morgan fingerprint density at radius 1 is 0.912 bits per heavy atom. The molecule has 1 saturated heterocycles. The van der Waals surface area contributed by atoms with Gasteiger partial charge in [-0.2, -0.15) is 0 Å². The van der Waals surface area contributed by atoms with E-state index >= 15 is 0 Å². The van der Waals surface area contributed by atoms with Gasteiger partial charge in [-0.25, -0.2) is 9.69 Å². The van der Waals surface area contributed by atoms with Crippen LogP contribution in [0.15, 0.2) is 72.8 Å². The largest absolute Gasteiger partial charge is 0.465 e. The lowest BCUT2D eigenvalue weighted by Gasteiger charge is -2.48. The fourth-order valence-electron chi connectivity index (χ4n) is 6.23. The number of nitro groups is 1. The molecule has 8 nitrogen and oxygen atoms in total. The molecule has 0 saturated carbocycles. The quantitative estimate of drug-likeness (QED) is 0.260. The number of carbonyl (C=O) groups is 3. The number of nitrogens with zero attached hydrogens (tertiary/aromatic N) is 2. The maximum atomic E-state index is 14.0. The lowest BCUT2D eigenvalue weighted by atomic mass is 9.51. The number of hydrogen-bond acceptors (Lipinski definition) is 6. The molecule has 4 aliphatic rings. The molecule has 0 unspecified atom stereocenters. The van der Waals surface area contributed by atoms with Gasteiger partial charge in [0.15, 0.2) is 0 Å². The van der Waals surface area contributed by atoms with Crippen molar-refractivity contribution < 1.29 is 24.0 Å². The fourth-order valence-corrected chi connectivity index (χ4v) is 6.23. The summed E-state index contributed by atoms with van der Waals surface area (Å²) >= 11 is 0. The lowest BCUT2D eigenvalue weighted by Crippen LogP contribution is -2.57. The number of esters is 1. The van der Waals surface area contributed by atoms with Gasteiger partial charge < -0.3 is 4.74 Å². The summed E-state index contributed by atoms with van der Waals surface area (Å²) in [5.74, 6) is -4.65. The van der Waals surface area contributed by atoms with E-state index in [1.807, 2.05) is 0 Å². The molecule has 0 radical (unpaired) electrons. The standard InChI is InChI=1S/C26H18N2O6/c1-34-25(31)16-10-4-7-13-19(16)27-23(29)21-20-14-8-2-5-11-17(14)26(28(32)33,22(21)24(27)30)18-12-6-3-9-15(18)20/h2-13,20-22H,1H3/t20?,21-,22+,26?/m0/s1. The van der Waals surface area contributed by atoms with Crippen molar-refractivity contribution in [1.82, 2.24) is 0 Å². The van der Waals surface area contributed by atoms with E-state index in [2.05, 4.69) is 0 Å². The van der Waals surface area contributed by atoms with Crippen molar-refractivity contribution in [2.75, 3.05) is 12.0 Å². The molecule has 2 bridgehead atoms. The van der Waals surface area contributed by atoms with E-state index in [1.165, 1.54) is 19.2 Å². The smallest absolute Gasteiger partial charge is 0.339 e. The molecule has 2 atom stereocenters. The molecule has 1 heterocycles. The van der Waals surface area contributed by atoms with E-state index < -0.39 is 46.0 Å². The number of imide groups is 1. The van der Waals surface area contributed by atoms with Gasteiger partial charge in [-0.1, -0.05) is 60.7 Å². The first kappa shape index (κ1) is 20.3. The summed E-state index contributed by atoms with van der Waals surface area (Å²) in [6.45, 7) is 0. The van der Waals surface area contributed by atoms with Gasteiger partial charge in [0.1, 0.15) is 5.92 Å². The van der Waals surface area contributed by atoms with Crippen LogP contribution in [0, 0.1) is 22.0 Å². The van der Waals surface area contributed by atoms with Crippen molar-refractivity contribution >= 4 is 23.5 Å². The SMILES string of the molecule is COC(=O)c1ccccc1N1C(=O)[C@H]2C3c4ccccc4C([N+](=O)[O-])(c4ccccc43)[C@H]2C1=O. The number of rotatable bonds is 3. The first-order valence-corrected chi connectivity index (χ1v) is 10.8. The highest BCUT2D eigenvalue weighted by Gasteiger charge is 2.75. The Hall–Kier alpha value is -4.33. The molecule has 0 aromatic heterocycles. The van der Waals surface area contributed by atoms with Crippen LogP contribution in [0.3, 0.4) is 0 Å². The molecule has 7 rings (SSSR count). The zero-order chi connectivity index (χ0) is 23.8. The van der Waals surface area contributed by atoms with E-state index in [4.69, 9.17) is 4.74 Å². The van der Waals surface area contributed by atoms with Gasteiger partial charge in [0.25, 0.3) is 5.54 Å². The molecule has 0 N–H and O–H groups in total. The third kappa shape index (κ3) is 2.20. The van der Waals surface area contributed by atoms with Crippen molar-refractivity contribution in [2.24, 2.45) is 11.8 Å². The van der Waals surface area contributed by atoms with Crippen molar-refractivity contribution in [3.63, 3.8) is 0 Å². The zero-order valence-corrected chi connectivity index (χ0v) is 18.0. The van der Waals surface area contributed by atoms with E-state index in [1.54, 1.807) is 60.7 Å². The van der Waals surface area contributed by atoms with Crippen LogP contribution in [0.5, 0.6) is 0 Å². The van der Waals surface area contributed by atoms with Gasteiger partial charge in [0, 0.05) is 22.0 Å². The summed E-state index contributed by atoms with van der Waals surface area (Å²) in [6, 6.07) is 20.1. The second-order valence-electron chi connectivity index (χ2n) is 8.70. The second-order valence-corrected chi connectivity index (χ2v) is 8.70. The summed E-state index contributed by atoms with van der Waals surface area (Å²) in [5.41, 5.74) is 0.455. The minimum atomic E-state index is -1.91. The topological polar surface area (TPSA) is 107 Å².